The van der Waals surface area contributed by atoms with Gasteiger partial charge in [0.25, 0.3) is 0 Å². The zero-order chi connectivity index (χ0) is 20.8. The van der Waals surface area contributed by atoms with E-state index in [1.54, 1.807) is 0 Å². The molecule has 0 saturated carbocycles. The summed E-state index contributed by atoms with van der Waals surface area (Å²) in [6, 6.07) is 43.6. The summed E-state index contributed by atoms with van der Waals surface area (Å²) in [4.78, 5) is 0. The van der Waals surface area contributed by atoms with Crippen molar-refractivity contribution in [2.24, 2.45) is 0 Å². The fraction of sp³-hybridized carbons (Fsp3) is 0.0769. The molecule has 0 heterocycles. The molecule has 0 aliphatic carbocycles. The molecule has 0 aliphatic rings. The highest BCUT2D eigenvalue weighted by molar-refractivity contribution is 9.27. The molecule has 30 heavy (non-hydrogen) atoms. The maximum Gasteiger partial charge on any atom is 0.112 e. The van der Waals surface area contributed by atoms with E-state index in [1.807, 2.05) is 0 Å². The van der Waals surface area contributed by atoms with Gasteiger partial charge in [-0.3, -0.25) is 0 Å². The van der Waals surface area contributed by atoms with Gasteiger partial charge in [-0.2, -0.15) is 0 Å². The van der Waals surface area contributed by atoms with Crippen LogP contribution in [0.3, 0.4) is 0 Å². The summed E-state index contributed by atoms with van der Waals surface area (Å²) >= 11 is 8.36. The van der Waals surface area contributed by atoms with Gasteiger partial charge in [-0.25, -0.2) is 0 Å². The van der Waals surface area contributed by atoms with Gasteiger partial charge in [-0.05, 0) is 37.1 Å². The predicted molar refractivity (Wildman–Crippen MR) is 144 cm³/mol. The Morgan fingerprint density at radius 3 is 1.10 bits per heavy atom. The van der Waals surface area contributed by atoms with Crippen LogP contribution in [0.4, 0.5) is 0 Å². The molecule has 0 aromatic heterocycles. The molecule has 0 atom stereocenters. The second-order valence-corrected chi connectivity index (χ2v) is 16.6. The number of rotatable bonds is 7. The van der Waals surface area contributed by atoms with E-state index in [1.165, 1.54) is 21.2 Å². The minimum absolute atomic E-state index is 0.227. The van der Waals surface area contributed by atoms with E-state index in [2.05, 4.69) is 153 Å². The smallest absolute Gasteiger partial charge is 0.0665 e. The monoisotopic (exact) mass is 554 g/mol. The number of benzene rings is 4. The average molecular weight is 556 g/mol. The fourth-order valence-corrected chi connectivity index (χ4v) is 12.5. The number of hydrogen-bond acceptors (Lipinski definition) is 0. The first kappa shape index (κ1) is 21.9. The van der Waals surface area contributed by atoms with Gasteiger partial charge in [-0.1, -0.05) is 153 Å². The molecule has 0 saturated heterocycles. The maximum atomic E-state index is 4.18. The Morgan fingerprint density at radius 2 is 0.767 bits per heavy atom. The summed E-state index contributed by atoms with van der Waals surface area (Å²) in [5.74, 6) is 0. The van der Waals surface area contributed by atoms with Crippen LogP contribution in [0.25, 0.3) is 0 Å². The van der Waals surface area contributed by atoms with Crippen LogP contribution < -0.4 is 21.2 Å². The third-order valence-corrected chi connectivity index (χ3v) is 13.7. The first-order valence-corrected chi connectivity index (χ1v) is 14.3. The van der Waals surface area contributed by atoms with Crippen LogP contribution in [-0.2, 0) is 0 Å². The van der Waals surface area contributed by atoms with Crippen LogP contribution in [0.2, 0.25) is 0 Å². The van der Waals surface area contributed by atoms with Gasteiger partial charge >= 0.3 is 0 Å². The predicted octanol–water partition coefficient (Wildman–Crippen LogP) is 6.70. The van der Waals surface area contributed by atoms with Crippen LogP contribution in [0.15, 0.2) is 121 Å². The third-order valence-electron chi connectivity index (χ3n) is 4.84. The standard InChI is InChI=1S/C26H22Br2P2/c27-26(28,30(24-17-9-3-10-18-24)25-19-11-4-12-20-25)21-29(22-13-5-1-6-14-22)23-15-7-2-8-16-23/h1-20H,21H2. The molecule has 4 heteroatoms. The molecule has 4 aromatic rings. The van der Waals surface area contributed by atoms with Crippen LogP contribution in [0.1, 0.15) is 0 Å². The van der Waals surface area contributed by atoms with Crippen LogP contribution >= 0.6 is 47.7 Å². The van der Waals surface area contributed by atoms with E-state index in [9.17, 15) is 0 Å². The Labute approximate surface area is 198 Å². The van der Waals surface area contributed by atoms with Crippen molar-refractivity contribution >= 4 is 68.9 Å². The molecule has 0 nitrogen and oxygen atoms in total. The lowest BCUT2D eigenvalue weighted by Gasteiger charge is -2.35. The number of halogens is 2. The molecule has 0 amide bonds. The molecule has 0 aliphatic heterocycles. The van der Waals surface area contributed by atoms with Crippen molar-refractivity contribution in [3.63, 3.8) is 0 Å². The number of hydrogen-bond donors (Lipinski definition) is 0. The summed E-state index contributed by atoms with van der Waals surface area (Å²) in [6.07, 6.45) is 0.992. The van der Waals surface area contributed by atoms with Gasteiger partial charge in [0.05, 0.1) is 0 Å². The summed E-state index contributed by atoms with van der Waals surface area (Å²) in [5, 5.41) is 5.53. The third kappa shape index (κ3) is 5.30. The largest absolute Gasteiger partial charge is 0.112 e. The van der Waals surface area contributed by atoms with Crippen molar-refractivity contribution in [3.8, 4) is 0 Å². The lowest BCUT2D eigenvalue weighted by atomic mass is 10.4. The zero-order valence-corrected chi connectivity index (χ0v) is 21.4. The van der Waals surface area contributed by atoms with Crippen molar-refractivity contribution in [1.82, 2.24) is 0 Å². The zero-order valence-electron chi connectivity index (χ0n) is 16.4. The summed E-state index contributed by atoms with van der Waals surface area (Å²) in [7, 11) is -1.19. The molecule has 0 spiro atoms. The quantitative estimate of drug-likeness (QED) is 0.176. The average Bonchev–Trinajstić information content (AvgIpc) is 2.80. The normalized spacial score (nSPS) is 11.7. The van der Waals surface area contributed by atoms with Crippen LogP contribution in [-0.4, -0.2) is 9.14 Å². The Kier molecular flexibility index (Phi) is 7.55. The molecular weight excluding hydrogens is 534 g/mol. The van der Waals surface area contributed by atoms with Gasteiger partial charge in [0.2, 0.25) is 0 Å². The van der Waals surface area contributed by atoms with Crippen molar-refractivity contribution < 1.29 is 0 Å². The Bertz CT molecular complexity index is 960. The van der Waals surface area contributed by atoms with Gasteiger partial charge in [0.15, 0.2) is 0 Å². The minimum atomic E-state index is -0.658. The van der Waals surface area contributed by atoms with Crippen LogP contribution in [0.5, 0.6) is 0 Å². The van der Waals surface area contributed by atoms with Gasteiger partial charge in [0, 0.05) is 6.16 Å². The summed E-state index contributed by atoms with van der Waals surface area (Å²) < 4.78 is -0.227. The molecule has 0 N–H and O–H groups in total. The highest BCUT2D eigenvalue weighted by atomic mass is 79.9. The van der Waals surface area contributed by atoms with E-state index in [0.717, 1.165) is 6.16 Å². The summed E-state index contributed by atoms with van der Waals surface area (Å²) in [5.41, 5.74) is 0. The highest BCUT2D eigenvalue weighted by Crippen LogP contribution is 2.60. The first-order valence-electron chi connectivity index (χ1n) is 9.81. The molecule has 0 unspecified atom stereocenters. The van der Waals surface area contributed by atoms with E-state index in [4.69, 9.17) is 0 Å². The van der Waals surface area contributed by atoms with Crippen molar-refractivity contribution in [1.29, 1.82) is 0 Å². The van der Waals surface area contributed by atoms with Gasteiger partial charge in [0.1, 0.15) is 2.97 Å². The second-order valence-electron chi connectivity index (χ2n) is 6.93. The molecule has 150 valence electrons. The van der Waals surface area contributed by atoms with E-state index < -0.39 is 15.8 Å². The number of alkyl halides is 2. The lowest BCUT2D eigenvalue weighted by molar-refractivity contribution is 1.37. The Hall–Kier alpha value is -1.30. The van der Waals surface area contributed by atoms with E-state index in [-0.39, 0.29) is 2.97 Å². The van der Waals surface area contributed by atoms with Crippen molar-refractivity contribution in [2.45, 2.75) is 2.97 Å². The van der Waals surface area contributed by atoms with Crippen molar-refractivity contribution in [3.05, 3.63) is 121 Å². The van der Waals surface area contributed by atoms with Gasteiger partial charge in [-0.15, -0.1) is 0 Å². The van der Waals surface area contributed by atoms with Crippen molar-refractivity contribution in [2.75, 3.05) is 6.16 Å². The molecule has 0 fully saturated rings. The maximum absolute atomic E-state index is 4.18. The van der Waals surface area contributed by atoms with Gasteiger partial charge < -0.3 is 0 Å². The SMILES string of the molecule is BrC(Br)(CP(c1ccccc1)c1ccccc1)P(c1ccccc1)c1ccccc1. The molecule has 4 aromatic carbocycles. The Balaban J connectivity index is 1.77. The minimum Gasteiger partial charge on any atom is -0.0665 e. The molecular formula is C26H22Br2P2. The molecule has 0 radical (unpaired) electrons. The molecule has 0 bridgehead atoms. The lowest BCUT2D eigenvalue weighted by Crippen LogP contribution is -2.30. The van der Waals surface area contributed by atoms with E-state index >= 15 is 0 Å². The topological polar surface area (TPSA) is 0 Å². The molecule has 4 rings (SSSR count). The highest BCUT2D eigenvalue weighted by Gasteiger charge is 2.38. The Morgan fingerprint density at radius 1 is 0.467 bits per heavy atom. The summed E-state index contributed by atoms with van der Waals surface area (Å²) in [6.45, 7) is 0. The van der Waals surface area contributed by atoms with Crippen LogP contribution in [0, 0.1) is 0 Å². The second kappa shape index (κ2) is 10.3. The fourth-order valence-electron chi connectivity index (χ4n) is 3.49. The van der Waals surface area contributed by atoms with E-state index in [0.29, 0.717) is 0 Å². The first-order chi connectivity index (χ1) is 14.6.